The van der Waals surface area contributed by atoms with Crippen LogP contribution in [0, 0.1) is 5.92 Å². The highest BCUT2D eigenvalue weighted by Gasteiger charge is 2.44. The molecule has 1 aliphatic carbocycles. The monoisotopic (exact) mass is 361 g/mol. The fourth-order valence-corrected chi connectivity index (χ4v) is 5.35. The summed E-state index contributed by atoms with van der Waals surface area (Å²) in [6, 6.07) is 4.50. The van der Waals surface area contributed by atoms with Crippen LogP contribution in [-0.2, 0) is 19.0 Å². The van der Waals surface area contributed by atoms with Gasteiger partial charge in [-0.25, -0.2) is 8.42 Å². The molecule has 1 fully saturated rings. The molecule has 1 aliphatic heterocycles. The molecule has 1 saturated carbocycles. The Morgan fingerprint density at radius 1 is 1.18 bits per heavy atom. The Kier molecular flexibility index (Phi) is 3.94. The number of rotatable bonds is 2. The molecule has 120 valence electrons. The zero-order valence-corrected chi connectivity index (χ0v) is 14.4. The predicted molar refractivity (Wildman–Crippen MR) is 87.1 cm³/mol. The van der Waals surface area contributed by atoms with E-state index in [9.17, 15) is 13.2 Å². The number of fused-ring (bicyclic) bond motifs is 1. The van der Waals surface area contributed by atoms with Crippen molar-refractivity contribution in [3.63, 3.8) is 0 Å². The van der Waals surface area contributed by atoms with Crippen molar-refractivity contribution < 1.29 is 13.2 Å². The van der Waals surface area contributed by atoms with Crippen LogP contribution in [0.15, 0.2) is 23.1 Å². The van der Waals surface area contributed by atoms with Crippen LogP contribution in [-0.4, -0.2) is 19.6 Å². The van der Waals surface area contributed by atoms with Crippen molar-refractivity contribution >= 4 is 44.6 Å². The highest BCUT2D eigenvalue weighted by atomic mass is 35.5. The van der Waals surface area contributed by atoms with Crippen molar-refractivity contribution in [3.05, 3.63) is 23.8 Å². The summed E-state index contributed by atoms with van der Waals surface area (Å²) in [6.45, 7) is 2.14. The van der Waals surface area contributed by atoms with Crippen LogP contribution in [0.5, 0.6) is 0 Å². The summed E-state index contributed by atoms with van der Waals surface area (Å²) in [7, 11) is -3.43. The van der Waals surface area contributed by atoms with Crippen LogP contribution in [0.2, 0.25) is 0 Å². The molecule has 1 aromatic carbocycles. The third-order valence-electron chi connectivity index (χ3n) is 4.59. The van der Waals surface area contributed by atoms with Gasteiger partial charge in [0.2, 0.25) is 4.33 Å². The second kappa shape index (κ2) is 5.39. The van der Waals surface area contributed by atoms with E-state index in [1.165, 1.54) is 12.1 Å². The van der Waals surface area contributed by atoms with E-state index >= 15 is 0 Å². The van der Waals surface area contributed by atoms with Gasteiger partial charge >= 0.3 is 0 Å². The van der Waals surface area contributed by atoms with Crippen molar-refractivity contribution in [1.29, 1.82) is 0 Å². The lowest BCUT2D eigenvalue weighted by atomic mass is 9.91. The number of hydrogen-bond acceptors (Lipinski definition) is 3. The van der Waals surface area contributed by atoms with Gasteiger partial charge in [-0.3, -0.25) is 4.79 Å². The van der Waals surface area contributed by atoms with E-state index in [-0.39, 0.29) is 10.1 Å². The smallest absolute Gasteiger partial charge is 0.265 e. The summed E-state index contributed by atoms with van der Waals surface area (Å²) in [4.78, 5) is 11.9. The minimum Gasteiger partial charge on any atom is -0.323 e. The molecule has 0 saturated heterocycles. The van der Waals surface area contributed by atoms with Crippen molar-refractivity contribution in [2.75, 3.05) is 5.32 Å². The molecule has 1 N–H and O–H groups in total. The number of halogens is 2. The summed E-state index contributed by atoms with van der Waals surface area (Å²) in [5.74, 6) is 0.0264. The quantitative estimate of drug-likeness (QED) is 0.818. The van der Waals surface area contributed by atoms with Crippen LogP contribution in [0.4, 0.5) is 5.69 Å². The van der Waals surface area contributed by atoms with E-state index in [0.29, 0.717) is 30.0 Å². The maximum atomic E-state index is 12.8. The average molecular weight is 362 g/mol. The van der Waals surface area contributed by atoms with Crippen molar-refractivity contribution in [1.82, 2.24) is 0 Å². The average Bonchev–Trinajstić information content (AvgIpc) is 2.69. The van der Waals surface area contributed by atoms with Crippen LogP contribution in [0.3, 0.4) is 0 Å². The summed E-state index contributed by atoms with van der Waals surface area (Å²) >= 11 is 12.1. The molecule has 0 aromatic heterocycles. The summed E-state index contributed by atoms with van der Waals surface area (Å²) in [5, 5.41) is 2.19. The molecule has 0 atom stereocenters. The number of benzene rings is 1. The second-order valence-corrected chi connectivity index (χ2v) is 9.72. The normalized spacial score (nSPS) is 27.3. The van der Waals surface area contributed by atoms with Crippen LogP contribution < -0.4 is 5.32 Å². The van der Waals surface area contributed by atoms with E-state index in [1.54, 1.807) is 6.07 Å². The van der Waals surface area contributed by atoms with Gasteiger partial charge < -0.3 is 5.32 Å². The Balaban J connectivity index is 1.97. The molecular weight excluding hydrogens is 345 g/mol. The maximum Gasteiger partial charge on any atom is 0.265 e. The number of carbonyl (C=O) groups is 1. The SMILES string of the molecule is CC1CCC(S(=O)(=O)c2ccc3c(c2)C(Cl)(Cl)C(=O)N3)CC1. The largest absolute Gasteiger partial charge is 0.323 e. The lowest BCUT2D eigenvalue weighted by Gasteiger charge is -2.26. The molecule has 0 unspecified atom stereocenters. The van der Waals surface area contributed by atoms with E-state index in [0.717, 1.165) is 12.8 Å². The fourth-order valence-electron chi connectivity index (χ4n) is 3.12. The zero-order valence-electron chi connectivity index (χ0n) is 12.1. The number of anilines is 1. The molecule has 22 heavy (non-hydrogen) atoms. The Labute approximate surface area is 140 Å². The second-order valence-electron chi connectivity index (χ2n) is 6.16. The highest BCUT2D eigenvalue weighted by molar-refractivity contribution is 7.92. The number of sulfone groups is 1. The van der Waals surface area contributed by atoms with Gasteiger partial charge in [0.1, 0.15) is 0 Å². The zero-order chi connectivity index (χ0) is 16.1. The fraction of sp³-hybridized carbons (Fsp3) is 0.533. The third kappa shape index (κ3) is 2.53. The van der Waals surface area contributed by atoms with Gasteiger partial charge in [0.05, 0.1) is 10.1 Å². The molecule has 2 aliphatic rings. The standard InChI is InChI=1S/C15H17Cl2NO3S/c1-9-2-4-10(5-3-9)22(20,21)11-6-7-13-12(8-11)15(16,17)14(19)18-13/h6-10H,2-5H2,1H3,(H,18,19). The first-order chi connectivity index (χ1) is 10.2. The van der Waals surface area contributed by atoms with Crippen LogP contribution >= 0.6 is 23.2 Å². The molecule has 1 amide bonds. The van der Waals surface area contributed by atoms with Crippen molar-refractivity contribution in [2.24, 2.45) is 5.92 Å². The Hall–Kier alpha value is -0.780. The van der Waals surface area contributed by atoms with E-state index in [2.05, 4.69) is 12.2 Å². The third-order valence-corrected chi connectivity index (χ3v) is 7.60. The van der Waals surface area contributed by atoms with Crippen molar-refractivity contribution in [3.8, 4) is 0 Å². The van der Waals surface area contributed by atoms with Gasteiger partial charge in [-0.2, -0.15) is 0 Å². The first kappa shape index (κ1) is 16.1. The lowest BCUT2D eigenvalue weighted by Crippen LogP contribution is -2.27. The number of amides is 1. The molecule has 0 bridgehead atoms. The minimum absolute atomic E-state index is 0.188. The first-order valence-electron chi connectivity index (χ1n) is 7.30. The summed E-state index contributed by atoms with van der Waals surface area (Å²) in [6.07, 6.45) is 3.18. The first-order valence-corrected chi connectivity index (χ1v) is 9.61. The van der Waals surface area contributed by atoms with Gasteiger partial charge in [0, 0.05) is 11.3 Å². The van der Waals surface area contributed by atoms with E-state index in [4.69, 9.17) is 23.2 Å². The molecule has 3 rings (SSSR count). The van der Waals surface area contributed by atoms with E-state index in [1.807, 2.05) is 0 Å². The van der Waals surface area contributed by atoms with Gasteiger partial charge in [-0.1, -0.05) is 30.1 Å². The van der Waals surface area contributed by atoms with E-state index < -0.39 is 20.1 Å². The Morgan fingerprint density at radius 3 is 2.45 bits per heavy atom. The van der Waals surface area contributed by atoms with Gasteiger partial charge in [-0.15, -0.1) is 0 Å². The highest BCUT2D eigenvalue weighted by Crippen LogP contribution is 2.45. The molecule has 0 radical (unpaired) electrons. The molecule has 4 nitrogen and oxygen atoms in total. The van der Waals surface area contributed by atoms with Crippen molar-refractivity contribution in [2.45, 2.75) is 47.1 Å². The molecule has 1 aromatic rings. The van der Waals surface area contributed by atoms with Gasteiger partial charge in [0.25, 0.3) is 5.91 Å². The predicted octanol–water partition coefficient (Wildman–Crippen LogP) is 3.62. The Bertz CT molecular complexity index is 722. The maximum absolute atomic E-state index is 12.8. The lowest BCUT2D eigenvalue weighted by molar-refractivity contribution is -0.116. The number of hydrogen-bond donors (Lipinski definition) is 1. The number of carbonyl (C=O) groups excluding carboxylic acids is 1. The number of alkyl halides is 2. The minimum atomic E-state index is -3.43. The summed E-state index contributed by atoms with van der Waals surface area (Å²) < 4.78 is 23.9. The van der Waals surface area contributed by atoms with Gasteiger partial charge in [0.15, 0.2) is 9.84 Å². The van der Waals surface area contributed by atoms with Crippen LogP contribution in [0.1, 0.15) is 38.2 Å². The molecule has 0 spiro atoms. The summed E-state index contributed by atoms with van der Waals surface area (Å²) in [5.41, 5.74) is 0.775. The van der Waals surface area contributed by atoms with Crippen LogP contribution in [0.25, 0.3) is 0 Å². The molecule has 1 heterocycles. The number of nitrogens with one attached hydrogen (secondary N) is 1. The Morgan fingerprint density at radius 2 is 1.82 bits per heavy atom. The molecule has 7 heteroatoms. The molecular formula is C15H17Cl2NO3S. The topological polar surface area (TPSA) is 63.2 Å². The van der Waals surface area contributed by atoms with Gasteiger partial charge in [-0.05, 0) is 49.8 Å².